The van der Waals surface area contributed by atoms with Gasteiger partial charge in [-0.15, -0.1) is 8.89 Å². The van der Waals surface area contributed by atoms with Crippen molar-refractivity contribution in [2.45, 2.75) is 0 Å². The smallest absolute Gasteiger partial charge is 0.155 e. The first-order valence-corrected chi connectivity index (χ1v) is 7.24. The third kappa shape index (κ3) is 3.04. The normalized spacial score (nSPS) is 16.7. The molecule has 1 saturated heterocycles. The number of hydroxylamine groups is 2. The summed E-state index contributed by atoms with van der Waals surface area (Å²) in [5.41, 5.74) is 2.23. The predicted molar refractivity (Wildman–Crippen MR) is 79.4 cm³/mol. The van der Waals surface area contributed by atoms with Gasteiger partial charge in [0.15, 0.2) is 5.75 Å². The molecule has 0 atom stereocenters. The van der Waals surface area contributed by atoms with E-state index in [0.717, 1.165) is 22.8 Å². The first-order chi connectivity index (χ1) is 9.33. The highest BCUT2D eigenvalue weighted by atomic mass is 35.5. The van der Waals surface area contributed by atoms with Crippen molar-refractivity contribution in [1.29, 1.82) is 0 Å². The summed E-state index contributed by atoms with van der Waals surface area (Å²) in [5, 5.41) is 1.83. The zero-order valence-corrected chi connectivity index (χ0v) is 11.8. The Morgan fingerprint density at radius 1 is 1.00 bits per heavy atom. The lowest BCUT2D eigenvalue weighted by Gasteiger charge is -2.17. The minimum Gasteiger partial charge on any atom is -0.403 e. The molecule has 19 heavy (non-hydrogen) atoms. The molecule has 1 aliphatic heterocycles. The summed E-state index contributed by atoms with van der Waals surface area (Å²) >= 11 is 7.43. The van der Waals surface area contributed by atoms with Gasteiger partial charge in [-0.1, -0.05) is 48.5 Å². The summed E-state index contributed by atoms with van der Waals surface area (Å²) in [6, 6.07) is 18.2. The summed E-state index contributed by atoms with van der Waals surface area (Å²) in [6.45, 7) is 0.579. The molecular formula is C14H13ClN2OS. The van der Waals surface area contributed by atoms with Crippen LogP contribution in [0, 0.1) is 0 Å². The zero-order chi connectivity index (χ0) is 13.1. The molecule has 0 spiro atoms. The van der Waals surface area contributed by atoms with Gasteiger partial charge in [-0.2, -0.15) is 0 Å². The standard InChI is InChI=1S/C14H13ClN2OS/c15-17-10-16(11-19-17)18-14-9-5-4-8-13(14)12-6-2-1-3-7-12/h1-9H,10-11H2. The van der Waals surface area contributed by atoms with Crippen LogP contribution in [0.1, 0.15) is 0 Å². The fraction of sp³-hybridized carbons (Fsp3) is 0.143. The van der Waals surface area contributed by atoms with E-state index >= 15 is 0 Å². The predicted octanol–water partition coefficient (Wildman–Crippen LogP) is 3.98. The third-order valence-corrected chi connectivity index (χ3v) is 4.01. The van der Waals surface area contributed by atoms with Crippen LogP contribution in [0.2, 0.25) is 0 Å². The molecule has 1 heterocycles. The first-order valence-electron chi connectivity index (χ1n) is 5.96. The van der Waals surface area contributed by atoms with Gasteiger partial charge in [-0.05, 0) is 35.4 Å². The molecule has 5 heteroatoms. The highest BCUT2D eigenvalue weighted by Crippen LogP contribution is 2.32. The van der Waals surface area contributed by atoms with Crippen molar-refractivity contribution in [3.05, 3.63) is 54.6 Å². The van der Waals surface area contributed by atoms with Gasteiger partial charge in [0.25, 0.3) is 0 Å². The molecule has 1 aliphatic rings. The van der Waals surface area contributed by atoms with E-state index < -0.39 is 0 Å². The molecular weight excluding hydrogens is 280 g/mol. The van der Waals surface area contributed by atoms with Gasteiger partial charge in [-0.25, -0.2) is 0 Å². The number of halogens is 1. The van der Waals surface area contributed by atoms with Crippen molar-refractivity contribution in [1.82, 2.24) is 8.89 Å². The lowest BCUT2D eigenvalue weighted by atomic mass is 10.1. The molecule has 0 amide bonds. The molecule has 0 bridgehead atoms. The Labute approximate surface area is 121 Å². The molecule has 3 nitrogen and oxygen atoms in total. The maximum Gasteiger partial charge on any atom is 0.155 e. The van der Waals surface area contributed by atoms with E-state index in [1.54, 1.807) is 3.82 Å². The second-order valence-corrected chi connectivity index (χ2v) is 5.72. The summed E-state index contributed by atoms with van der Waals surface area (Å²) in [7, 11) is 0. The summed E-state index contributed by atoms with van der Waals surface area (Å²) in [4.78, 5) is 5.92. The Kier molecular flexibility index (Phi) is 3.94. The van der Waals surface area contributed by atoms with Crippen LogP contribution in [-0.4, -0.2) is 21.4 Å². The van der Waals surface area contributed by atoms with E-state index in [1.807, 2.05) is 41.5 Å². The maximum absolute atomic E-state index is 5.92. The molecule has 1 fully saturated rings. The number of para-hydroxylation sites is 1. The van der Waals surface area contributed by atoms with E-state index in [1.165, 1.54) is 11.9 Å². The van der Waals surface area contributed by atoms with E-state index in [0.29, 0.717) is 6.67 Å². The summed E-state index contributed by atoms with van der Waals surface area (Å²) in [6.07, 6.45) is 0. The van der Waals surface area contributed by atoms with Crippen LogP contribution in [0.3, 0.4) is 0 Å². The zero-order valence-electron chi connectivity index (χ0n) is 10.2. The lowest BCUT2D eigenvalue weighted by molar-refractivity contribution is -0.0400. The van der Waals surface area contributed by atoms with Crippen molar-refractivity contribution < 1.29 is 4.84 Å². The van der Waals surface area contributed by atoms with Crippen molar-refractivity contribution in [3.8, 4) is 16.9 Å². The quantitative estimate of drug-likeness (QED) is 0.628. The fourth-order valence-corrected chi connectivity index (χ4v) is 2.78. The highest BCUT2D eigenvalue weighted by molar-refractivity contribution is 7.97. The molecule has 0 saturated carbocycles. The molecule has 0 radical (unpaired) electrons. The number of hydrogen-bond acceptors (Lipinski definition) is 4. The van der Waals surface area contributed by atoms with E-state index in [9.17, 15) is 0 Å². The SMILES string of the molecule is ClN1CN(Oc2ccccc2-c2ccccc2)CS1. The molecule has 98 valence electrons. The second-order valence-electron chi connectivity index (χ2n) is 4.15. The topological polar surface area (TPSA) is 15.7 Å². The van der Waals surface area contributed by atoms with Crippen LogP contribution in [0.25, 0.3) is 11.1 Å². The minimum atomic E-state index is 0.579. The largest absolute Gasteiger partial charge is 0.403 e. The maximum atomic E-state index is 5.92. The molecule has 3 rings (SSSR count). The number of nitrogens with zero attached hydrogens (tertiary/aromatic N) is 2. The Morgan fingerprint density at radius 3 is 2.47 bits per heavy atom. The Bertz CT molecular complexity index is 552. The van der Waals surface area contributed by atoms with E-state index in [-0.39, 0.29) is 0 Å². The minimum absolute atomic E-state index is 0.579. The van der Waals surface area contributed by atoms with Gasteiger partial charge in [0.2, 0.25) is 0 Å². The molecule has 2 aromatic carbocycles. The first kappa shape index (κ1) is 12.8. The number of hydrogen-bond donors (Lipinski definition) is 0. The summed E-state index contributed by atoms with van der Waals surface area (Å²) in [5.74, 6) is 1.58. The van der Waals surface area contributed by atoms with Crippen LogP contribution in [0.5, 0.6) is 5.75 Å². The molecule has 0 N–H and O–H groups in total. The van der Waals surface area contributed by atoms with Crippen LogP contribution in [0.4, 0.5) is 0 Å². The third-order valence-electron chi connectivity index (χ3n) is 2.81. The molecule has 2 aromatic rings. The van der Waals surface area contributed by atoms with Gasteiger partial charge in [0, 0.05) is 5.56 Å². The average Bonchev–Trinajstić information content (AvgIpc) is 2.86. The monoisotopic (exact) mass is 292 g/mol. The number of benzene rings is 2. The van der Waals surface area contributed by atoms with Gasteiger partial charge in [0.05, 0.1) is 5.88 Å². The Hall–Kier alpha value is -1.20. The van der Waals surface area contributed by atoms with Gasteiger partial charge in [-0.3, -0.25) is 0 Å². The van der Waals surface area contributed by atoms with Crippen LogP contribution < -0.4 is 4.84 Å². The molecule has 0 aromatic heterocycles. The van der Waals surface area contributed by atoms with Crippen molar-refractivity contribution >= 4 is 23.7 Å². The fourth-order valence-electron chi connectivity index (χ4n) is 1.93. The van der Waals surface area contributed by atoms with Crippen LogP contribution in [0.15, 0.2) is 54.6 Å². The molecule has 0 unspecified atom stereocenters. The average molecular weight is 293 g/mol. The Balaban J connectivity index is 1.86. The Morgan fingerprint density at radius 2 is 1.74 bits per heavy atom. The second kappa shape index (κ2) is 5.84. The van der Waals surface area contributed by atoms with Crippen LogP contribution >= 0.6 is 23.7 Å². The summed E-state index contributed by atoms with van der Waals surface area (Å²) < 4.78 is 1.63. The lowest BCUT2D eigenvalue weighted by Crippen LogP contribution is -2.25. The van der Waals surface area contributed by atoms with E-state index in [2.05, 4.69) is 18.2 Å². The highest BCUT2D eigenvalue weighted by Gasteiger charge is 2.21. The van der Waals surface area contributed by atoms with Crippen molar-refractivity contribution in [2.75, 3.05) is 12.5 Å². The van der Waals surface area contributed by atoms with E-state index in [4.69, 9.17) is 16.6 Å². The van der Waals surface area contributed by atoms with Crippen molar-refractivity contribution in [2.24, 2.45) is 0 Å². The number of rotatable bonds is 3. The van der Waals surface area contributed by atoms with Crippen molar-refractivity contribution in [3.63, 3.8) is 0 Å². The van der Waals surface area contributed by atoms with Crippen LogP contribution in [-0.2, 0) is 0 Å². The molecule has 0 aliphatic carbocycles. The van der Waals surface area contributed by atoms with Gasteiger partial charge >= 0.3 is 0 Å². The van der Waals surface area contributed by atoms with Gasteiger partial charge < -0.3 is 4.84 Å². The van der Waals surface area contributed by atoms with Gasteiger partial charge in [0.1, 0.15) is 6.67 Å².